The summed E-state index contributed by atoms with van der Waals surface area (Å²) in [5.74, 6) is -2.79. The molecule has 0 aliphatic carbocycles. The highest BCUT2D eigenvalue weighted by molar-refractivity contribution is 5.89. The summed E-state index contributed by atoms with van der Waals surface area (Å²) in [6.07, 6.45) is 0.831. The number of phenolic OH excluding ortho intramolecular Hbond substituents is 3. The summed E-state index contributed by atoms with van der Waals surface area (Å²) >= 11 is 0. The van der Waals surface area contributed by atoms with Crippen molar-refractivity contribution in [3.05, 3.63) is 59.2 Å². The summed E-state index contributed by atoms with van der Waals surface area (Å²) in [6, 6.07) is 8.67. The van der Waals surface area contributed by atoms with Crippen LogP contribution in [-0.4, -0.2) is 38.5 Å². The first-order valence-electron chi connectivity index (χ1n) is 7.68. The molecule has 0 amide bonds. The number of hydrogen-bond donors (Lipinski definition) is 4. The predicted molar refractivity (Wildman–Crippen MR) is 92.9 cm³/mol. The monoisotopic (exact) mass is 358 g/mol. The molecule has 0 unspecified atom stereocenters. The fourth-order valence-electron chi connectivity index (χ4n) is 2.16. The molecule has 0 aromatic heterocycles. The van der Waals surface area contributed by atoms with Crippen molar-refractivity contribution >= 4 is 18.0 Å². The van der Waals surface area contributed by atoms with Crippen LogP contribution in [0.15, 0.2) is 42.5 Å². The molecule has 1 atom stereocenters. The maximum Gasteiger partial charge on any atom is 0.345 e. The fraction of sp³-hybridized carbons (Fsp3) is 0.158. The lowest BCUT2D eigenvalue weighted by Crippen LogP contribution is -2.28. The lowest BCUT2D eigenvalue weighted by atomic mass is 10.1. The Morgan fingerprint density at radius 2 is 1.77 bits per heavy atom. The second-order valence-corrected chi connectivity index (χ2v) is 5.67. The number of rotatable bonds is 6. The maximum absolute atomic E-state index is 11.9. The molecule has 0 radical (unpaired) electrons. The van der Waals surface area contributed by atoms with Gasteiger partial charge >= 0.3 is 11.9 Å². The molecule has 7 heteroatoms. The zero-order valence-corrected chi connectivity index (χ0v) is 13.9. The minimum Gasteiger partial charge on any atom is -0.508 e. The SMILES string of the molecule is Cc1ccc(C[C@@H](OC(=O)/C=C/c2ccc(O)c(O)c2)C(=O)O)cc1O. The van der Waals surface area contributed by atoms with Gasteiger partial charge in [-0.25, -0.2) is 9.59 Å². The van der Waals surface area contributed by atoms with E-state index in [1.54, 1.807) is 19.1 Å². The Bertz CT molecular complexity index is 855. The summed E-state index contributed by atoms with van der Waals surface area (Å²) in [7, 11) is 0. The fourth-order valence-corrected chi connectivity index (χ4v) is 2.16. The van der Waals surface area contributed by atoms with Crippen LogP contribution in [0, 0.1) is 6.92 Å². The van der Waals surface area contributed by atoms with Crippen molar-refractivity contribution < 1.29 is 34.8 Å². The Hall–Kier alpha value is -3.48. The van der Waals surface area contributed by atoms with Crippen molar-refractivity contribution in [1.29, 1.82) is 0 Å². The number of carbonyl (C=O) groups is 2. The molecule has 4 N–H and O–H groups in total. The van der Waals surface area contributed by atoms with Gasteiger partial charge in [0, 0.05) is 12.5 Å². The minimum atomic E-state index is -1.41. The number of benzene rings is 2. The number of aryl methyl sites for hydroxylation is 1. The van der Waals surface area contributed by atoms with Gasteiger partial charge in [0.2, 0.25) is 6.10 Å². The number of carbonyl (C=O) groups excluding carboxylic acids is 1. The Kier molecular flexibility index (Phi) is 5.85. The van der Waals surface area contributed by atoms with Gasteiger partial charge in [0.15, 0.2) is 11.5 Å². The molecule has 0 saturated heterocycles. The molecule has 0 fully saturated rings. The average molecular weight is 358 g/mol. The van der Waals surface area contributed by atoms with Crippen LogP contribution >= 0.6 is 0 Å². The molecule has 0 aliphatic rings. The van der Waals surface area contributed by atoms with E-state index >= 15 is 0 Å². The third kappa shape index (κ3) is 5.01. The van der Waals surface area contributed by atoms with Gasteiger partial charge in [-0.15, -0.1) is 0 Å². The van der Waals surface area contributed by atoms with Gasteiger partial charge in [-0.2, -0.15) is 0 Å². The van der Waals surface area contributed by atoms with Crippen LogP contribution in [0.1, 0.15) is 16.7 Å². The number of carboxylic acids is 1. The van der Waals surface area contributed by atoms with Gasteiger partial charge in [-0.05, 0) is 47.9 Å². The van der Waals surface area contributed by atoms with E-state index < -0.39 is 18.0 Å². The van der Waals surface area contributed by atoms with Crippen LogP contribution in [0.25, 0.3) is 6.08 Å². The lowest BCUT2D eigenvalue weighted by Gasteiger charge is -2.13. The lowest BCUT2D eigenvalue weighted by molar-refractivity contribution is -0.160. The second-order valence-electron chi connectivity index (χ2n) is 5.67. The summed E-state index contributed by atoms with van der Waals surface area (Å²) in [5, 5.41) is 37.5. The topological polar surface area (TPSA) is 124 Å². The zero-order valence-electron chi connectivity index (χ0n) is 13.9. The third-order valence-corrected chi connectivity index (χ3v) is 3.64. The molecule has 0 spiro atoms. The summed E-state index contributed by atoms with van der Waals surface area (Å²) in [6.45, 7) is 1.71. The highest BCUT2D eigenvalue weighted by atomic mass is 16.6. The van der Waals surface area contributed by atoms with Crippen molar-refractivity contribution in [1.82, 2.24) is 0 Å². The van der Waals surface area contributed by atoms with Gasteiger partial charge in [0.05, 0.1) is 0 Å². The van der Waals surface area contributed by atoms with Crippen molar-refractivity contribution in [3.8, 4) is 17.2 Å². The van der Waals surface area contributed by atoms with Crippen LogP contribution in [0.5, 0.6) is 17.2 Å². The van der Waals surface area contributed by atoms with E-state index in [0.29, 0.717) is 16.7 Å². The van der Waals surface area contributed by atoms with Crippen LogP contribution in [0.3, 0.4) is 0 Å². The van der Waals surface area contributed by atoms with Crippen molar-refractivity contribution in [2.24, 2.45) is 0 Å². The normalized spacial score (nSPS) is 12.0. The van der Waals surface area contributed by atoms with E-state index in [1.807, 2.05) is 0 Å². The van der Waals surface area contributed by atoms with Crippen LogP contribution in [-0.2, 0) is 20.7 Å². The average Bonchev–Trinajstić information content (AvgIpc) is 2.58. The highest BCUT2D eigenvalue weighted by Gasteiger charge is 2.22. The number of aliphatic carboxylic acids is 1. The largest absolute Gasteiger partial charge is 0.508 e. The van der Waals surface area contributed by atoms with E-state index in [-0.39, 0.29) is 23.7 Å². The Morgan fingerprint density at radius 3 is 2.38 bits per heavy atom. The van der Waals surface area contributed by atoms with Crippen LogP contribution in [0.2, 0.25) is 0 Å². The van der Waals surface area contributed by atoms with Gasteiger partial charge in [-0.3, -0.25) is 0 Å². The van der Waals surface area contributed by atoms with E-state index in [0.717, 1.165) is 6.08 Å². The molecule has 2 rings (SSSR count). The minimum absolute atomic E-state index is 0.0324. The Morgan fingerprint density at radius 1 is 1.04 bits per heavy atom. The predicted octanol–water partition coefficient (Wildman–Crippen LogP) is 2.36. The first kappa shape index (κ1) is 18.9. The standard InChI is InChI=1S/C19H18O7/c1-11-2-3-13(9-15(11)21)10-17(19(24)25)26-18(23)7-5-12-4-6-14(20)16(22)8-12/h2-9,17,20-22H,10H2,1H3,(H,24,25)/b7-5+/t17-/m1/s1. The smallest absolute Gasteiger partial charge is 0.345 e. The molecule has 0 saturated carbocycles. The summed E-state index contributed by atoms with van der Waals surface area (Å²) < 4.78 is 4.94. The number of hydrogen-bond acceptors (Lipinski definition) is 6. The summed E-state index contributed by atoms with van der Waals surface area (Å²) in [4.78, 5) is 23.2. The molecule has 26 heavy (non-hydrogen) atoms. The highest BCUT2D eigenvalue weighted by Crippen LogP contribution is 2.25. The number of phenols is 3. The molecule has 2 aromatic rings. The maximum atomic E-state index is 11.9. The van der Waals surface area contributed by atoms with Gasteiger partial charge in [-0.1, -0.05) is 18.2 Å². The van der Waals surface area contributed by atoms with E-state index in [4.69, 9.17) is 4.74 Å². The molecule has 136 valence electrons. The molecular weight excluding hydrogens is 340 g/mol. The third-order valence-electron chi connectivity index (χ3n) is 3.64. The van der Waals surface area contributed by atoms with Crippen LogP contribution < -0.4 is 0 Å². The van der Waals surface area contributed by atoms with Crippen molar-refractivity contribution in [2.45, 2.75) is 19.4 Å². The van der Waals surface area contributed by atoms with Gasteiger partial charge < -0.3 is 25.2 Å². The second kappa shape index (κ2) is 8.06. The number of carboxylic acid groups (broad SMARTS) is 1. The van der Waals surface area contributed by atoms with Crippen molar-refractivity contribution in [2.75, 3.05) is 0 Å². The van der Waals surface area contributed by atoms with E-state index in [1.165, 1.54) is 30.3 Å². The number of ether oxygens (including phenoxy) is 1. The first-order valence-corrected chi connectivity index (χ1v) is 7.68. The van der Waals surface area contributed by atoms with Gasteiger partial charge in [0.25, 0.3) is 0 Å². The zero-order chi connectivity index (χ0) is 19.3. The number of esters is 1. The van der Waals surface area contributed by atoms with Gasteiger partial charge in [0.1, 0.15) is 5.75 Å². The van der Waals surface area contributed by atoms with E-state index in [2.05, 4.69) is 0 Å². The van der Waals surface area contributed by atoms with Crippen molar-refractivity contribution in [3.63, 3.8) is 0 Å². The molecule has 7 nitrogen and oxygen atoms in total. The molecule has 0 heterocycles. The first-order chi connectivity index (χ1) is 12.3. The Balaban J connectivity index is 2.05. The molecular formula is C19H18O7. The Labute approximate surface area is 149 Å². The molecule has 2 aromatic carbocycles. The molecule has 0 aliphatic heterocycles. The number of aromatic hydroxyl groups is 3. The summed E-state index contributed by atoms with van der Waals surface area (Å²) in [5.41, 5.74) is 1.59. The quantitative estimate of drug-likeness (QED) is 0.355. The molecule has 0 bridgehead atoms. The van der Waals surface area contributed by atoms with Crippen LogP contribution in [0.4, 0.5) is 0 Å². The van der Waals surface area contributed by atoms with E-state index in [9.17, 15) is 30.0 Å².